The Hall–Kier alpha value is -0.870. The summed E-state index contributed by atoms with van der Waals surface area (Å²) in [7, 11) is 0. The lowest BCUT2D eigenvalue weighted by molar-refractivity contribution is -0.144. The highest BCUT2D eigenvalue weighted by Gasteiger charge is 2.54. The molecule has 4 nitrogen and oxygen atoms in total. The van der Waals surface area contributed by atoms with E-state index < -0.39 is 18.0 Å². The lowest BCUT2D eigenvalue weighted by Crippen LogP contribution is -2.15. The molecule has 0 aliphatic carbocycles. The van der Waals surface area contributed by atoms with Gasteiger partial charge in [-0.25, -0.2) is 4.79 Å². The van der Waals surface area contributed by atoms with Crippen LogP contribution in [0.2, 0.25) is 0 Å². The van der Waals surface area contributed by atoms with Gasteiger partial charge in [-0.05, 0) is 13.8 Å². The molecule has 0 saturated carbocycles. The van der Waals surface area contributed by atoms with Crippen molar-refractivity contribution in [1.82, 2.24) is 0 Å². The summed E-state index contributed by atoms with van der Waals surface area (Å²) in [6, 6.07) is 0. The molecule has 0 spiro atoms. The van der Waals surface area contributed by atoms with Crippen molar-refractivity contribution in [1.29, 1.82) is 0 Å². The minimum Gasteiger partial charge on any atom is -0.426 e. The van der Waals surface area contributed by atoms with Crippen LogP contribution in [-0.2, 0) is 14.3 Å². The van der Waals surface area contributed by atoms with Crippen LogP contribution in [0, 0.1) is 0 Å². The summed E-state index contributed by atoms with van der Waals surface area (Å²) in [6.45, 7) is 6.32. The van der Waals surface area contributed by atoms with Crippen LogP contribution >= 0.6 is 0 Å². The molecule has 62 valence electrons. The third kappa shape index (κ3) is 1.78. The van der Waals surface area contributed by atoms with Gasteiger partial charge < -0.3 is 9.84 Å². The number of aliphatic hydroxyl groups is 1. The molecule has 0 aromatic heterocycles. The Morgan fingerprint density at radius 2 is 2.27 bits per heavy atom. The second-order valence-electron chi connectivity index (χ2n) is 2.69. The molecular weight excluding hydrogens is 148 g/mol. The Bertz CT molecular complexity index is 206. The fourth-order valence-electron chi connectivity index (χ4n) is 0.514. The van der Waals surface area contributed by atoms with E-state index >= 15 is 0 Å². The van der Waals surface area contributed by atoms with Gasteiger partial charge in [0, 0.05) is 5.57 Å². The van der Waals surface area contributed by atoms with Crippen LogP contribution in [0.25, 0.3) is 0 Å². The van der Waals surface area contributed by atoms with E-state index in [9.17, 15) is 4.79 Å². The van der Waals surface area contributed by atoms with Crippen LogP contribution < -0.4 is 0 Å². The van der Waals surface area contributed by atoms with E-state index in [2.05, 4.69) is 16.1 Å². The van der Waals surface area contributed by atoms with Crippen LogP contribution in [0.15, 0.2) is 12.2 Å². The molecule has 0 aromatic rings. The normalized spacial score (nSPS) is 34.6. The standard InChI is InChI=1S/C7H10O4/c1-4(2)5(8)10-6-7(3,9)11-6/h6,9H,1H2,2-3H3. The lowest BCUT2D eigenvalue weighted by atomic mass is 10.3. The van der Waals surface area contributed by atoms with Crippen molar-refractivity contribution < 1.29 is 19.4 Å². The number of rotatable bonds is 2. The van der Waals surface area contributed by atoms with Crippen molar-refractivity contribution in [3.05, 3.63) is 12.2 Å². The molecule has 1 N–H and O–H groups in total. The first-order valence-corrected chi connectivity index (χ1v) is 3.20. The predicted octanol–water partition coefficient (Wildman–Crippen LogP) is 0.170. The minimum absolute atomic E-state index is 0.288. The molecule has 11 heavy (non-hydrogen) atoms. The maximum atomic E-state index is 10.8. The molecule has 0 bridgehead atoms. The molecule has 2 unspecified atom stereocenters. The van der Waals surface area contributed by atoms with Gasteiger partial charge in [0.15, 0.2) is 0 Å². The summed E-state index contributed by atoms with van der Waals surface area (Å²) in [6.07, 6.45) is -0.827. The minimum atomic E-state index is -1.30. The predicted molar refractivity (Wildman–Crippen MR) is 36.4 cm³/mol. The SMILES string of the molecule is C=C(C)C(=O)OC1OC1(C)O. The van der Waals surface area contributed by atoms with Crippen molar-refractivity contribution in [3.8, 4) is 0 Å². The fraction of sp³-hybridized carbons (Fsp3) is 0.571. The van der Waals surface area contributed by atoms with Gasteiger partial charge in [-0.2, -0.15) is 0 Å². The number of ether oxygens (including phenoxy) is 2. The molecule has 2 atom stereocenters. The van der Waals surface area contributed by atoms with Crippen LogP contribution in [0.1, 0.15) is 13.8 Å². The number of hydrogen-bond donors (Lipinski definition) is 1. The zero-order chi connectivity index (χ0) is 8.65. The maximum Gasteiger partial charge on any atom is 0.335 e. The molecule has 1 aliphatic rings. The van der Waals surface area contributed by atoms with Crippen LogP contribution in [0.3, 0.4) is 0 Å². The van der Waals surface area contributed by atoms with Crippen molar-refractivity contribution in [2.45, 2.75) is 25.9 Å². The first kappa shape index (κ1) is 8.23. The van der Waals surface area contributed by atoms with Crippen molar-refractivity contribution in [3.63, 3.8) is 0 Å². The third-order valence-electron chi connectivity index (χ3n) is 1.29. The zero-order valence-electron chi connectivity index (χ0n) is 6.46. The first-order chi connectivity index (χ1) is 4.93. The van der Waals surface area contributed by atoms with Gasteiger partial charge in [-0.3, -0.25) is 4.74 Å². The second-order valence-corrected chi connectivity index (χ2v) is 2.69. The molecule has 1 rings (SSSR count). The number of epoxide rings is 1. The zero-order valence-corrected chi connectivity index (χ0v) is 6.46. The van der Waals surface area contributed by atoms with E-state index in [4.69, 9.17) is 5.11 Å². The van der Waals surface area contributed by atoms with Crippen LogP contribution in [0.4, 0.5) is 0 Å². The number of hydrogen-bond acceptors (Lipinski definition) is 4. The number of carbonyl (C=O) groups is 1. The van der Waals surface area contributed by atoms with Crippen molar-refractivity contribution in [2.24, 2.45) is 0 Å². The van der Waals surface area contributed by atoms with Gasteiger partial charge in [0.05, 0.1) is 0 Å². The Morgan fingerprint density at radius 3 is 2.55 bits per heavy atom. The Labute approximate surface area is 64.4 Å². The van der Waals surface area contributed by atoms with E-state index in [0.29, 0.717) is 0 Å². The summed E-state index contributed by atoms with van der Waals surface area (Å²) in [5.74, 6) is -1.85. The number of carbonyl (C=O) groups excluding carboxylic acids is 1. The van der Waals surface area contributed by atoms with Gasteiger partial charge >= 0.3 is 5.97 Å². The topological polar surface area (TPSA) is 59.1 Å². The van der Waals surface area contributed by atoms with E-state index in [1.165, 1.54) is 13.8 Å². The molecule has 0 amide bonds. The summed E-state index contributed by atoms with van der Waals surface area (Å²) in [5.41, 5.74) is 0.288. The smallest absolute Gasteiger partial charge is 0.335 e. The second kappa shape index (κ2) is 2.32. The quantitative estimate of drug-likeness (QED) is 0.353. The van der Waals surface area contributed by atoms with E-state index in [1.807, 2.05) is 0 Å². The molecule has 1 aliphatic heterocycles. The lowest BCUT2D eigenvalue weighted by Gasteiger charge is -1.99. The molecular formula is C7H10O4. The molecule has 1 heterocycles. The summed E-state index contributed by atoms with van der Waals surface area (Å²) in [4.78, 5) is 10.8. The largest absolute Gasteiger partial charge is 0.426 e. The molecule has 0 aromatic carbocycles. The van der Waals surface area contributed by atoms with Gasteiger partial charge in [0.1, 0.15) is 0 Å². The highest BCUT2D eigenvalue weighted by molar-refractivity contribution is 5.87. The highest BCUT2D eigenvalue weighted by Crippen LogP contribution is 2.33. The monoisotopic (exact) mass is 158 g/mol. The molecule has 0 radical (unpaired) electrons. The van der Waals surface area contributed by atoms with E-state index in [1.54, 1.807) is 0 Å². The average Bonchev–Trinajstić information content (AvgIpc) is 2.39. The summed E-state index contributed by atoms with van der Waals surface area (Å²) in [5, 5.41) is 8.99. The highest BCUT2D eigenvalue weighted by atomic mass is 16.9. The average molecular weight is 158 g/mol. The van der Waals surface area contributed by atoms with Crippen molar-refractivity contribution in [2.75, 3.05) is 0 Å². The van der Waals surface area contributed by atoms with Gasteiger partial charge in [-0.1, -0.05) is 6.58 Å². The van der Waals surface area contributed by atoms with Crippen LogP contribution in [0.5, 0.6) is 0 Å². The molecule has 1 saturated heterocycles. The number of esters is 1. The van der Waals surface area contributed by atoms with Gasteiger partial charge in [-0.15, -0.1) is 0 Å². The van der Waals surface area contributed by atoms with Crippen LogP contribution in [-0.4, -0.2) is 23.2 Å². The Balaban J connectivity index is 2.35. The van der Waals surface area contributed by atoms with Crippen molar-refractivity contribution >= 4 is 5.97 Å². The first-order valence-electron chi connectivity index (χ1n) is 3.20. The van der Waals surface area contributed by atoms with E-state index in [-0.39, 0.29) is 5.57 Å². The maximum absolute atomic E-state index is 10.8. The fourth-order valence-corrected chi connectivity index (χ4v) is 0.514. The summed E-state index contributed by atoms with van der Waals surface area (Å²) < 4.78 is 9.22. The Kier molecular flexibility index (Phi) is 1.74. The Morgan fingerprint density at radius 1 is 1.82 bits per heavy atom. The third-order valence-corrected chi connectivity index (χ3v) is 1.29. The van der Waals surface area contributed by atoms with Gasteiger partial charge in [0.25, 0.3) is 6.29 Å². The molecule has 1 fully saturated rings. The van der Waals surface area contributed by atoms with Gasteiger partial charge in [0.2, 0.25) is 5.79 Å². The summed E-state index contributed by atoms with van der Waals surface area (Å²) >= 11 is 0. The molecule has 4 heteroatoms. The van der Waals surface area contributed by atoms with E-state index in [0.717, 1.165) is 0 Å².